The van der Waals surface area contributed by atoms with Crippen molar-refractivity contribution in [3.8, 4) is 12.1 Å². The molecule has 2 heterocycles. The number of nitriles is 2. The maximum absolute atomic E-state index is 12.7. The monoisotopic (exact) mass is 346 g/mol. The Balaban J connectivity index is 1.78. The minimum atomic E-state index is -0.949. The van der Waals surface area contributed by atoms with Crippen LogP contribution in [0.15, 0.2) is 36.5 Å². The van der Waals surface area contributed by atoms with E-state index in [-0.39, 0.29) is 5.91 Å². The largest absolute Gasteiger partial charge is 0.324 e. The molecule has 1 amide bonds. The lowest BCUT2D eigenvalue weighted by molar-refractivity contribution is -0.123. The summed E-state index contributed by atoms with van der Waals surface area (Å²) in [5, 5.41) is 21.2. The summed E-state index contributed by atoms with van der Waals surface area (Å²) in [6, 6.07) is 13.4. The van der Waals surface area contributed by atoms with Gasteiger partial charge in [-0.05, 0) is 36.6 Å². The molecule has 1 aromatic heterocycles. The fraction of sp³-hybridized carbons (Fsp3) is 0.316. The van der Waals surface area contributed by atoms with E-state index in [0.29, 0.717) is 37.6 Å². The Hall–Kier alpha value is -3.45. The van der Waals surface area contributed by atoms with Crippen LogP contribution in [0.5, 0.6) is 0 Å². The topological polar surface area (TPSA) is 106 Å². The second-order valence-electron chi connectivity index (χ2n) is 6.15. The van der Waals surface area contributed by atoms with Crippen molar-refractivity contribution < 1.29 is 4.79 Å². The average Bonchev–Trinajstić information content (AvgIpc) is 3.01. The van der Waals surface area contributed by atoms with Crippen LogP contribution in [-0.4, -0.2) is 22.4 Å². The van der Waals surface area contributed by atoms with Crippen molar-refractivity contribution in [1.82, 2.24) is 9.97 Å². The zero-order valence-electron chi connectivity index (χ0n) is 14.4. The number of nitrogens with one attached hydrogen (secondary N) is 1. The molecule has 1 aliphatic heterocycles. The molecule has 0 spiro atoms. The number of benzene rings is 1. The number of anilines is 3. The molecule has 3 rings (SSSR count). The highest BCUT2D eigenvalue weighted by Crippen LogP contribution is 2.36. The lowest BCUT2D eigenvalue weighted by Crippen LogP contribution is -2.33. The minimum absolute atomic E-state index is 0.201. The molecule has 1 unspecified atom stereocenters. The lowest BCUT2D eigenvalue weighted by Gasteiger charge is -2.19. The van der Waals surface area contributed by atoms with E-state index < -0.39 is 5.41 Å². The fourth-order valence-corrected chi connectivity index (χ4v) is 2.98. The Labute approximate surface area is 151 Å². The molecule has 1 aliphatic rings. The van der Waals surface area contributed by atoms with Crippen molar-refractivity contribution in [3.05, 3.63) is 42.1 Å². The van der Waals surface area contributed by atoms with E-state index in [4.69, 9.17) is 5.26 Å². The van der Waals surface area contributed by atoms with Gasteiger partial charge >= 0.3 is 0 Å². The van der Waals surface area contributed by atoms with Gasteiger partial charge in [-0.2, -0.15) is 15.5 Å². The van der Waals surface area contributed by atoms with Crippen molar-refractivity contribution >= 4 is 23.4 Å². The predicted octanol–water partition coefficient (Wildman–Crippen LogP) is 2.94. The summed E-state index contributed by atoms with van der Waals surface area (Å²) in [5.41, 5.74) is 0.772. The van der Waals surface area contributed by atoms with Crippen LogP contribution in [0.25, 0.3) is 0 Å². The molecule has 1 saturated heterocycles. The van der Waals surface area contributed by atoms with Gasteiger partial charge in [0.2, 0.25) is 11.9 Å². The van der Waals surface area contributed by atoms with Gasteiger partial charge in [0.25, 0.3) is 0 Å². The summed E-state index contributed by atoms with van der Waals surface area (Å²) < 4.78 is 0. The molecule has 7 nitrogen and oxygen atoms in total. The third kappa shape index (κ3) is 3.20. The van der Waals surface area contributed by atoms with E-state index in [0.717, 1.165) is 11.3 Å². The Morgan fingerprint density at radius 3 is 2.65 bits per heavy atom. The first-order valence-electron chi connectivity index (χ1n) is 8.41. The van der Waals surface area contributed by atoms with Gasteiger partial charge in [-0.1, -0.05) is 19.1 Å². The molecule has 0 bridgehead atoms. The van der Waals surface area contributed by atoms with E-state index in [2.05, 4.69) is 27.4 Å². The first kappa shape index (κ1) is 17.4. The zero-order chi connectivity index (χ0) is 18.6. The molecule has 0 radical (unpaired) electrons. The van der Waals surface area contributed by atoms with Crippen molar-refractivity contribution in [1.29, 1.82) is 10.5 Å². The highest BCUT2D eigenvalue weighted by molar-refractivity contribution is 6.01. The summed E-state index contributed by atoms with van der Waals surface area (Å²) in [4.78, 5) is 22.8. The summed E-state index contributed by atoms with van der Waals surface area (Å²) in [6.45, 7) is 2.33. The fourth-order valence-electron chi connectivity index (χ4n) is 2.98. The van der Waals surface area contributed by atoms with Gasteiger partial charge in [0.05, 0.1) is 18.6 Å². The third-order valence-corrected chi connectivity index (χ3v) is 4.64. The van der Waals surface area contributed by atoms with Crippen molar-refractivity contribution in [2.45, 2.75) is 26.2 Å². The van der Waals surface area contributed by atoms with E-state index in [1.807, 2.05) is 31.2 Å². The SMILES string of the molecule is CCC1(C#N)CCN(c2ccnc(Nc3ccc(CC#N)cc3)n2)C1=O. The summed E-state index contributed by atoms with van der Waals surface area (Å²) in [7, 11) is 0. The van der Waals surface area contributed by atoms with Crippen molar-refractivity contribution in [2.24, 2.45) is 5.41 Å². The molecule has 1 fully saturated rings. The molecule has 0 aliphatic carbocycles. The van der Waals surface area contributed by atoms with E-state index in [1.54, 1.807) is 17.2 Å². The third-order valence-electron chi connectivity index (χ3n) is 4.64. The van der Waals surface area contributed by atoms with Gasteiger partial charge in [-0.15, -0.1) is 0 Å². The first-order chi connectivity index (χ1) is 12.6. The maximum atomic E-state index is 12.7. The van der Waals surface area contributed by atoms with Gasteiger partial charge < -0.3 is 5.32 Å². The maximum Gasteiger partial charge on any atom is 0.248 e. The van der Waals surface area contributed by atoms with E-state index >= 15 is 0 Å². The second-order valence-corrected chi connectivity index (χ2v) is 6.15. The number of rotatable bonds is 5. The number of carbonyl (C=O) groups is 1. The van der Waals surface area contributed by atoms with Crippen molar-refractivity contribution in [3.63, 3.8) is 0 Å². The number of hydrogen-bond donors (Lipinski definition) is 1. The van der Waals surface area contributed by atoms with Gasteiger partial charge in [0.15, 0.2) is 0 Å². The van der Waals surface area contributed by atoms with E-state index in [9.17, 15) is 10.1 Å². The van der Waals surface area contributed by atoms with Crippen LogP contribution in [0.4, 0.5) is 17.5 Å². The normalized spacial score (nSPS) is 19.0. The van der Waals surface area contributed by atoms with Crippen LogP contribution < -0.4 is 10.2 Å². The number of carbonyl (C=O) groups excluding carboxylic acids is 1. The van der Waals surface area contributed by atoms with Crippen LogP contribution in [0, 0.1) is 28.1 Å². The molecule has 2 aromatic rings. The minimum Gasteiger partial charge on any atom is -0.324 e. The molecular weight excluding hydrogens is 328 g/mol. The summed E-state index contributed by atoms with van der Waals surface area (Å²) in [5.74, 6) is 0.654. The standard InChI is InChI=1S/C19H18N6O/c1-2-19(13-21)9-12-25(17(19)26)16-8-11-22-18(24-16)23-15-5-3-14(4-6-15)7-10-20/h3-6,8,11H,2,7,9,12H2,1H3,(H,22,23,24). The number of aromatic nitrogens is 2. The van der Waals surface area contributed by atoms with Crippen molar-refractivity contribution in [2.75, 3.05) is 16.8 Å². The highest BCUT2D eigenvalue weighted by atomic mass is 16.2. The molecule has 7 heteroatoms. The van der Waals surface area contributed by atoms with Crippen LogP contribution >= 0.6 is 0 Å². The summed E-state index contributed by atoms with van der Waals surface area (Å²) >= 11 is 0. The van der Waals surface area contributed by atoms with Crippen LogP contribution in [0.2, 0.25) is 0 Å². The second kappa shape index (κ2) is 7.20. The molecule has 130 valence electrons. The first-order valence-corrected chi connectivity index (χ1v) is 8.41. The van der Waals surface area contributed by atoms with Crippen LogP contribution in [0.1, 0.15) is 25.3 Å². The smallest absolute Gasteiger partial charge is 0.248 e. The van der Waals surface area contributed by atoms with Gasteiger partial charge in [-0.3, -0.25) is 9.69 Å². The molecule has 1 N–H and O–H groups in total. The number of amides is 1. The Morgan fingerprint density at radius 1 is 1.27 bits per heavy atom. The Kier molecular flexibility index (Phi) is 4.81. The Bertz CT molecular complexity index is 895. The number of hydrogen-bond acceptors (Lipinski definition) is 6. The van der Waals surface area contributed by atoms with Gasteiger partial charge in [-0.25, -0.2) is 4.98 Å². The molecule has 0 saturated carbocycles. The number of nitrogens with zero attached hydrogens (tertiary/aromatic N) is 5. The zero-order valence-corrected chi connectivity index (χ0v) is 14.4. The quantitative estimate of drug-likeness (QED) is 0.892. The van der Waals surface area contributed by atoms with Crippen LogP contribution in [0.3, 0.4) is 0 Å². The molecule has 1 aromatic carbocycles. The molecular formula is C19H18N6O. The van der Waals surface area contributed by atoms with Crippen LogP contribution in [-0.2, 0) is 11.2 Å². The lowest BCUT2D eigenvalue weighted by atomic mass is 9.85. The van der Waals surface area contributed by atoms with Gasteiger partial charge in [0.1, 0.15) is 11.2 Å². The predicted molar refractivity (Wildman–Crippen MR) is 96.4 cm³/mol. The average molecular weight is 346 g/mol. The van der Waals surface area contributed by atoms with E-state index in [1.165, 1.54) is 0 Å². The van der Waals surface area contributed by atoms with Gasteiger partial charge in [0, 0.05) is 18.4 Å². The Morgan fingerprint density at radius 2 is 2.04 bits per heavy atom. The summed E-state index contributed by atoms with van der Waals surface area (Å²) in [6.07, 6.45) is 2.94. The highest BCUT2D eigenvalue weighted by Gasteiger charge is 2.46. The molecule has 1 atom stereocenters. The molecule has 26 heavy (non-hydrogen) atoms.